The Morgan fingerprint density at radius 3 is 3.17 bits per heavy atom. The van der Waals surface area contributed by atoms with E-state index in [1.807, 2.05) is 6.20 Å². The van der Waals surface area contributed by atoms with Gasteiger partial charge in [-0.05, 0) is 12.8 Å². The summed E-state index contributed by atoms with van der Waals surface area (Å²) in [5, 5.41) is 0. The number of hydrogen-bond acceptors (Lipinski definition) is 3. The van der Waals surface area contributed by atoms with Crippen LogP contribution in [0.15, 0.2) is 12.5 Å². The van der Waals surface area contributed by atoms with Gasteiger partial charge in [-0.25, -0.2) is 4.98 Å². The molecule has 0 unspecified atom stereocenters. The number of rotatable bonds is 2. The van der Waals surface area contributed by atoms with Crippen molar-refractivity contribution in [2.24, 2.45) is 5.73 Å². The van der Waals surface area contributed by atoms with Crippen molar-refractivity contribution >= 4 is 0 Å². The lowest BCUT2D eigenvalue weighted by Crippen LogP contribution is -2.18. The number of imidazole rings is 1. The van der Waals surface area contributed by atoms with E-state index in [0.29, 0.717) is 6.54 Å². The first-order valence-electron chi connectivity index (χ1n) is 4.24. The SMILES string of the molecule is NC[C@@H]1CC[C@H](c2cnc[nH]2)O1. The minimum atomic E-state index is 0.182. The number of aromatic nitrogens is 2. The highest BCUT2D eigenvalue weighted by Crippen LogP contribution is 2.30. The van der Waals surface area contributed by atoms with E-state index in [9.17, 15) is 0 Å². The first kappa shape index (κ1) is 7.76. The molecule has 4 nitrogen and oxygen atoms in total. The van der Waals surface area contributed by atoms with Gasteiger partial charge in [-0.3, -0.25) is 0 Å². The van der Waals surface area contributed by atoms with Gasteiger partial charge >= 0.3 is 0 Å². The lowest BCUT2D eigenvalue weighted by molar-refractivity contribution is 0.0476. The molecular formula is C8H13N3O. The molecule has 4 heteroatoms. The van der Waals surface area contributed by atoms with Gasteiger partial charge in [0.1, 0.15) is 0 Å². The first-order chi connectivity index (χ1) is 5.90. The summed E-state index contributed by atoms with van der Waals surface area (Å²) in [6.45, 7) is 0.616. The molecule has 0 amide bonds. The van der Waals surface area contributed by atoms with Gasteiger partial charge in [0.15, 0.2) is 0 Å². The van der Waals surface area contributed by atoms with Crippen molar-refractivity contribution in [2.75, 3.05) is 6.54 Å². The number of nitrogens with two attached hydrogens (primary N) is 1. The number of nitrogens with one attached hydrogen (secondary N) is 1. The second-order valence-corrected chi connectivity index (χ2v) is 3.07. The summed E-state index contributed by atoms with van der Waals surface area (Å²) in [4.78, 5) is 7.00. The fraction of sp³-hybridized carbons (Fsp3) is 0.625. The van der Waals surface area contributed by atoms with E-state index in [1.54, 1.807) is 6.33 Å². The first-order valence-corrected chi connectivity index (χ1v) is 4.24. The Bertz CT molecular complexity index is 234. The summed E-state index contributed by atoms with van der Waals surface area (Å²) in [6.07, 6.45) is 6.00. The van der Waals surface area contributed by atoms with Crippen LogP contribution in [0.1, 0.15) is 24.6 Å². The highest BCUT2D eigenvalue weighted by molar-refractivity contribution is 5.01. The molecule has 0 bridgehead atoms. The summed E-state index contributed by atoms with van der Waals surface area (Å²) < 4.78 is 5.66. The van der Waals surface area contributed by atoms with E-state index in [0.717, 1.165) is 18.5 Å². The summed E-state index contributed by atoms with van der Waals surface area (Å²) in [5.74, 6) is 0. The van der Waals surface area contributed by atoms with E-state index in [-0.39, 0.29) is 12.2 Å². The predicted molar refractivity (Wildman–Crippen MR) is 44.5 cm³/mol. The van der Waals surface area contributed by atoms with Crippen molar-refractivity contribution in [3.05, 3.63) is 18.2 Å². The van der Waals surface area contributed by atoms with Gasteiger partial charge in [0, 0.05) is 6.54 Å². The van der Waals surface area contributed by atoms with Crippen molar-refractivity contribution in [2.45, 2.75) is 25.0 Å². The number of nitrogens with zero attached hydrogens (tertiary/aromatic N) is 1. The number of H-pyrrole nitrogens is 1. The summed E-state index contributed by atoms with van der Waals surface area (Å²) in [6, 6.07) is 0. The van der Waals surface area contributed by atoms with E-state index < -0.39 is 0 Å². The zero-order chi connectivity index (χ0) is 8.39. The van der Waals surface area contributed by atoms with Crippen LogP contribution in [0, 0.1) is 0 Å². The molecule has 1 fully saturated rings. The fourth-order valence-electron chi connectivity index (χ4n) is 1.55. The predicted octanol–water partition coefficient (Wildman–Crippen LogP) is 0.588. The van der Waals surface area contributed by atoms with E-state index >= 15 is 0 Å². The molecule has 0 aromatic carbocycles. The molecule has 0 spiro atoms. The Balaban J connectivity index is 2.00. The molecule has 0 aliphatic carbocycles. The van der Waals surface area contributed by atoms with E-state index in [4.69, 9.17) is 10.5 Å². The molecular weight excluding hydrogens is 154 g/mol. The summed E-state index contributed by atoms with van der Waals surface area (Å²) in [5.41, 5.74) is 6.56. The molecule has 1 aliphatic heterocycles. The third kappa shape index (κ3) is 1.35. The lowest BCUT2D eigenvalue weighted by atomic mass is 10.1. The largest absolute Gasteiger partial charge is 0.367 e. The van der Waals surface area contributed by atoms with Crippen molar-refractivity contribution in [1.82, 2.24) is 9.97 Å². The molecule has 2 rings (SSSR count). The van der Waals surface area contributed by atoms with Crippen LogP contribution in [-0.2, 0) is 4.74 Å². The van der Waals surface area contributed by atoms with Gasteiger partial charge in [0.25, 0.3) is 0 Å². The van der Waals surface area contributed by atoms with Crippen LogP contribution < -0.4 is 5.73 Å². The van der Waals surface area contributed by atoms with Crippen molar-refractivity contribution in [3.63, 3.8) is 0 Å². The highest BCUT2D eigenvalue weighted by atomic mass is 16.5. The average molecular weight is 167 g/mol. The van der Waals surface area contributed by atoms with E-state index in [1.165, 1.54) is 0 Å². The topological polar surface area (TPSA) is 63.9 Å². The molecule has 2 heterocycles. The van der Waals surface area contributed by atoms with Crippen LogP contribution in [0.25, 0.3) is 0 Å². The quantitative estimate of drug-likeness (QED) is 0.677. The van der Waals surface area contributed by atoms with Crippen LogP contribution in [0.2, 0.25) is 0 Å². The van der Waals surface area contributed by atoms with Gasteiger partial charge in [0.2, 0.25) is 0 Å². The zero-order valence-electron chi connectivity index (χ0n) is 6.86. The molecule has 1 aliphatic rings. The maximum Gasteiger partial charge on any atom is 0.0993 e. The zero-order valence-corrected chi connectivity index (χ0v) is 6.86. The summed E-state index contributed by atoms with van der Waals surface area (Å²) in [7, 11) is 0. The lowest BCUT2D eigenvalue weighted by Gasteiger charge is -2.09. The standard InChI is InChI=1S/C8H13N3O/c9-3-6-1-2-8(12-6)7-4-10-5-11-7/h4-6,8H,1-3,9H2,(H,10,11)/t6-,8+/m0/s1. The van der Waals surface area contributed by atoms with Gasteiger partial charge in [-0.1, -0.05) is 0 Å². The maximum atomic E-state index is 5.66. The van der Waals surface area contributed by atoms with Gasteiger partial charge < -0.3 is 15.5 Å². The van der Waals surface area contributed by atoms with Crippen LogP contribution in [0.4, 0.5) is 0 Å². The minimum absolute atomic E-state index is 0.182. The van der Waals surface area contributed by atoms with E-state index in [2.05, 4.69) is 9.97 Å². The van der Waals surface area contributed by atoms with Crippen LogP contribution in [0.3, 0.4) is 0 Å². The molecule has 3 N–H and O–H groups in total. The Morgan fingerprint density at radius 1 is 1.67 bits per heavy atom. The van der Waals surface area contributed by atoms with Gasteiger partial charge in [-0.15, -0.1) is 0 Å². The van der Waals surface area contributed by atoms with Crippen molar-refractivity contribution < 1.29 is 4.74 Å². The van der Waals surface area contributed by atoms with Crippen molar-refractivity contribution in [1.29, 1.82) is 0 Å². The highest BCUT2D eigenvalue weighted by Gasteiger charge is 2.25. The Kier molecular flexibility index (Phi) is 2.10. The van der Waals surface area contributed by atoms with Gasteiger partial charge in [0.05, 0.1) is 30.4 Å². The maximum absolute atomic E-state index is 5.66. The molecule has 1 aromatic rings. The minimum Gasteiger partial charge on any atom is -0.367 e. The van der Waals surface area contributed by atoms with Crippen molar-refractivity contribution in [3.8, 4) is 0 Å². The molecule has 0 saturated carbocycles. The fourth-order valence-corrected chi connectivity index (χ4v) is 1.55. The number of hydrogen-bond donors (Lipinski definition) is 2. The smallest absolute Gasteiger partial charge is 0.0993 e. The Labute approximate surface area is 71.1 Å². The van der Waals surface area contributed by atoms with Crippen LogP contribution in [0.5, 0.6) is 0 Å². The average Bonchev–Trinajstić information content (AvgIpc) is 2.75. The molecule has 66 valence electrons. The number of aromatic amines is 1. The summed E-state index contributed by atoms with van der Waals surface area (Å²) >= 11 is 0. The van der Waals surface area contributed by atoms with Gasteiger partial charge in [-0.2, -0.15) is 0 Å². The van der Waals surface area contributed by atoms with Crippen LogP contribution in [-0.4, -0.2) is 22.6 Å². The molecule has 0 radical (unpaired) electrons. The third-order valence-electron chi connectivity index (χ3n) is 2.24. The van der Waals surface area contributed by atoms with Crippen LogP contribution >= 0.6 is 0 Å². The number of ether oxygens (including phenoxy) is 1. The Morgan fingerprint density at radius 2 is 2.58 bits per heavy atom. The molecule has 12 heavy (non-hydrogen) atoms. The normalized spacial score (nSPS) is 29.4. The molecule has 2 atom stereocenters. The monoisotopic (exact) mass is 167 g/mol. The second kappa shape index (κ2) is 3.25. The third-order valence-corrected chi connectivity index (χ3v) is 2.24. The second-order valence-electron chi connectivity index (χ2n) is 3.07. The molecule has 1 aromatic heterocycles. The molecule has 1 saturated heterocycles. The Hall–Kier alpha value is -0.870.